The van der Waals surface area contributed by atoms with E-state index in [0.717, 1.165) is 13.0 Å². The molecule has 2 aliphatic heterocycles. The van der Waals surface area contributed by atoms with E-state index in [-0.39, 0.29) is 0 Å². The molecular weight excluding hydrogens is 330 g/mol. The lowest BCUT2D eigenvalue weighted by molar-refractivity contribution is 0.275. The summed E-state index contributed by atoms with van der Waals surface area (Å²) < 4.78 is 0. The summed E-state index contributed by atoms with van der Waals surface area (Å²) in [6.07, 6.45) is 12.3. The van der Waals surface area contributed by atoms with Crippen molar-refractivity contribution in [1.29, 1.82) is 0 Å². The minimum Gasteiger partial charge on any atom is -0.360 e. The number of aryl methyl sites for hydroxylation is 1. The Bertz CT molecular complexity index is 984. The Kier molecular flexibility index (Phi) is 4.17. The maximum atomic E-state index is 4.23. The van der Waals surface area contributed by atoms with Crippen molar-refractivity contribution in [3.05, 3.63) is 72.2 Å². The molecule has 0 bridgehead atoms. The third-order valence-corrected chi connectivity index (χ3v) is 6.03. The van der Waals surface area contributed by atoms with Crippen molar-refractivity contribution >= 4 is 5.57 Å². The van der Waals surface area contributed by atoms with Gasteiger partial charge in [0, 0.05) is 42.3 Å². The Morgan fingerprint density at radius 2 is 2.00 bits per heavy atom. The fourth-order valence-electron chi connectivity index (χ4n) is 4.67. The molecule has 2 aromatic heterocycles. The summed E-state index contributed by atoms with van der Waals surface area (Å²) in [7, 11) is 0. The van der Waals surface area contributed by atoms with E-state index < -0.39 is 0 Å². The number of aromatic nitrogens is 2. The quantitative estimate of drug-likeness (QED) is 0.691. The summed E-state index contributed by atoms with van der Waals surface area (Å²) in [6.45, 7) is 4.49. The van der Waals surface area contributed by atoms with Gasteiger partial charge in [-0.05, 0) is 67.6 Å². The van der Waals surface area contributed by atoms with Gasteiger partial charge in [0.2, 0.25) is 0 Å². The van der Waals surface area contributed by atoms with Gasteiger partial charge in [0.1, 0.15) is 0 Å². The Morgan fingerprint density at radius 3 is 2.85 bits per heavy atom. The van der Waals surface area contributed by atoms with Crippen LogP contribution in [0.5, 0.6) is 0 Å². The molecule has 1 N–H and O–H groups in total. The highest BCUT2D eigenvalue weighted by atomic mass is 15.2. The maximum absolute atomic E-state index is 4.23. The van der Waals surface area contributed by atoms with Crippen molar-refractivity contribution in [2.45, 2.75) is 32.2 Å². The number of hydrogen-bond acceptors (Lipinski definition) is 2. The molecule has 0 radical (unpaired) electrons. The monoisotopic (exact) mass is 355 g/mol. The van der Waals surface area contributed by atoms with Crippen LogP contribution in [0.25, 0.3) is 28.0 Å². The van der Waals surface area contributed by atoms with Crippen LogP contribution in [0.1, 0.15) is 30.4 Å². The zero-order valence-corrected chi connectivity index (χ0v) is 15.8. The number of hydrogen-bond donors (Lipinski definition) is 1. The SMILES string of the molecule is Cc1cccc(-c2[nH]cc(C3=CCN4CCCC4C3)c2-c2ccncc2)c1. The fraction of sp³-hybridized carbons (Fsp3) is 0.292. The van der Waals surface area contributed by atoms with Crippen molar-refractivity contribution in [2.24, 2.45) is 0 Å². The van der Waals surface area contributed by atoms with Crippen LogP contribution < -0.4 is 0 Å². The van der Waals surface area contributed by atoms with Crippen molar-refractivity contribution in [1.82, 2.24) is 14.9 Å². The van der Waals surface area contributed by atoms with Crippen molar-refractivity contribution in [3.8, 4) is 22.4 Å². The van der Waals surface area contributed by atoms with Gasteiger partial charge in [0.25, 0.3) is 0 Å². The van der Waals surface area contributed by atoms with Crippen LogP contribution in [0.4, 0.5) is 0 Å². The molecule has 3 heteroatoms. The van der Waals surface area contributed by atoms with Crippen molar-refractivity contribution in [2.75, 3.05) is 13.1 Å². The molecule has 0 aliphatic carbocycles. The third kappa shape index (κ3) is 3.02. The Labute approximate surface area is 160 Å². The number of benzene rings is 1. The lowest BCUT2D eigenvalue weighted by atomic mass is 9.89. The molecule has 4 heterocycles. The molecule has 27 heavy (non-hydrogen) atoms. The second-order valence-corrected chi connectivity index (χ2v) is 7.78. The van der Waals surface area contributed by atoms with Crippen LogP contribution in [0.2, 0.25) is 0 Å². The van der Waals surface area contributed by atoms with E-state index in [0.29, 0.717) is 6.04 Å². The highest BCUT2D eigenvalue weighted by molar-refractivity contribution is 5.91. The number of nitrogens with zero attached hydrogens (tertiary/aromatic N) is 2. The summed E-state index contributed by atoms with van der Waals surface area (Å²) in [5.41, 5.74) is 9.10. The highest BCUT2D eigenvalue weighted by Crippen LogP contribution is 2.41. The smallest absolute Gasteiger partial charge is 0.0540 e. The van der Waals surface area contributed by atoms with Gasteiger partial charge >= 0.3 is 0 Å². The van der Waals surface area contributed by atoms with E-state index in [1.807, 2.05) is 12.4 Å². The van der Waals surface area contributed by atoms with Crippen LogP contribution in [0.15, 0.2) is 61.1 Å². The lowest BCUT2D eigenvalue weighted by Gasteiger charge is -2.29. The first-order valence-electron chi connectivity index (χ1n) is 9.92. The van der Waals surface area contributed by atoms with E-state index >= 15 is 0 Å². The largest absolute Gasteiger partial charge is 0.360 e. The molecule has 2 aliphatic rings. The molecule has 1 saturated heterocycles. The molecule has 1 unspecified atom stereocenters. The molecule has 0 spiro atoms. The zero-order valence-electron chi connectivity index (χ0n) is 15.8. The number of pyridine rings is 1. The molecule has 1 fully saturated rings. The minimum absolute atomic E-state index is 0.715. The van der Waals surface area contributed by atoms with Crippen LogP contribution in [-0.4, -0.2) is 34.0 Å². The van der Waals surface area contributed by atoms with Gasteiger partial charge in [-0.1, -0.05) is 29.8 Å². The summed E-state index contributed by atoms with van der Waals surface area (Å²) >= 11 is 0. The zero-order chi connectivity index (χ0) is 18.2. The number of rotatable bonds is 3. The number of aromatic amines is 1. The topological polar surface area (TPSA) is 31.9 Å². The van der Waals surface area contributed by atoms with Gasteiger partial charge in [-0.2, -0.15) is 0 Å². The summed E-state index contributed by atoms with van der Waals surface area (Å²) in [4.78, 5) is 10.5. The highest BCUT2D eigenvalue weighted by Gasteiger charge is 2.29. The van der Waals surface area contributed by atoms with E-state index in [1.165, 1.54) is 58.5 Å². The molecule has 0 saturated carbocycles. The first-order valence-corrected chi connectivity index (χ1v) is 9.92. The van der Waals surface area contributed by atoms with Gasteiger partial charge in [-0.3, -0.25) is 9.88 Å². The molecule has 5 rings (SSSR count). The predicted molar refractivity (Wildman–Crippen MR) is 111 cm³/mol. The molecule has 1 aromatic carbocycles. The summed E-state index contributed by atoms with van der Waals surface area (Å²) in [6, 6.07) is 13.7. The van der Waals surface area contributed by atoms with Crippen molar-refractivity contribution in [3.63, 3.8) is 0 Å². The molecule has 1 atom stereocenters. The number of fused-ring (bicyclic) bond motifs is 1. The van der Waals surface area contributed by atoms with E-state index in [1.54, 1.807) is 0 Å². The molecule has 3 nitrogen and oxygen atoms in total. The number of nitrogens with one attached hydrogen (secondary N) is 1. The molecule has 3 aromatic rings. The minimum atomic E-state index is 0.715. The first-order chi connectivity index (χ1) is 13.3. The Morgan fingerprint density at radius 1 is 1.11 bits per heavy atom. The van der Waals surface area contributed by atoms with Crippen LogP contribution in [-0.2, 0) is 0 Å². The predicted octanol–water partition coefficient (Wildman–Crippen LogP) is 5.30. The van der Waals surface area contributed by atoms with Crippen molar-refractivity contribution < 1.29 is 0 Å². The Balaban J connectivity index is 1.64. The first kappa shape index (κ1) is 16.5. The standard InChI is InChI=1S/C24H25N3/c1-17-4-2-5-20(14-17)24-23(18-7-10-25-11-8-18)22(16-26-24)19-9-13-27-12-3-6-21(27)15-19/h2,4-5,7-11,14,16,21,26H,3,6,12-13,15H2,1H3. The Hall–Kier alpha value is -2.65. The second-order valence-electron chi connectivity index (χ2n) is 7.78. The van der Waals surface area contributed by atoms with E-state index in [4.69, 9.17) is 0 Å². The lowest BCUT2D eigenvalue weighted by Crippen LogP contribution is -2.32. The van der Waals surface area contributed by atoms with Gasteiger partial charge in [-0.25, -0.2) is 0 Å². The van der Waals surface area contributed by atoms with Gasteiger partial charge < -0.3 is 4.98 Å². The van der Waals surface area contributed by atoms with E-state index in [9.17, 15) is 0 Å². The van der Waals surface area contributed by atoms with E-state index in [2.05, 4.69) is 70.5 Å². The summed E-state index contributed by atoms with van der Waals surface area (Å²) in [5, 5.41) is 0. The van der Waals surface area contributed by atoms with Crippen LogP contribution >= 0.6 is 0 Å². The molecule has 136 valence electrons. The number of H-pyrrole nitrogens is 1. The third-order valence-electron chi connectivity index (χ3n) is 6.03. The van der Waals surface area contributed by atoms with Gasteiger partial charge in [-0.15, -0.1) is 0 Å². The molecular formula is C24H25N3. The average molecular weight is 355 g/mol. The molecule has 0 amide bonds. The summed E-state index contributed by atoms with van der Waals surface area (Å²) in [5.74, 6) is 0. The van der Waals surface area contributed by atoms with Crippen LogP contribution in [0, 0.1) is 6.92 Å². The fourth-order valence-corrected chi connectivity index (χ4v) is 4.67. The van der Waals surface area contributed by atoms with Gasteiger partial charge in [0.15, 0.2) is 0 Å². The van der Waals surface area contributed by atoms with Crippen LogP contribution in [0.3, 0.4) is 0 Å². The second kappa shape index (κ2) is 6.82. The van der Waals surface area contributed by atoms with Gasteiger partial charge in [0.05, 0.1) is 5.69 Å². The maximum Gasteiger partial charge on any atom is 0.0540 e. The normalized spacial score (nSPS) is 19.7. The average Bonchev–Trinajstić information content (AvgIpc) is 3.35.